The van der Waals surface area contributed by atoms with Crippen LogP contribution in [0.15, 0.2) is 18.2 Å². The van der Waals surface area contributed by atoms with Crippen LogP contribution in [-0.2, 0) is 14.9 Å². The van der Waals surface area contributed by atoms with Gasteiger partial charge in [0.15, 0.2) is 0 Å². The van der Waals surface area contributed by atoms with Crippen molar-refractivity contribution in [3.63, 3.8) is 0 Å². The minimum absolute atomic E-state index is 0.184. The summed E-state index contributed by atoms with van der Waals surface area (Å²) < 4.78 is 32.1. The first-order valence-electron chi connectivity index (χ1n) is 5.16. The second-order valence-corrected chi connectivity index (χ2v) is 5.79. The standard InChI is InChI=1S/C10H16ClN3O3S/c1-14(18(15,16)13-5-6-17-2)10-7-8(11)3-4-9(10)12/h3-4,7,13H,5-6,12H2,1-2H3. The number of nitrogens with zero attached hydrogens (tertiary/aromatic N) is 1. The van der Waals surface area contributed by atoms with Gasteiger partial charge in [0.05, 0.1) is 18.0 Å². The molecule has 102 valence electrons. The van der Waals surface area contributed by atoms with E-state index >= 15 is 0 Å². The van der Waals surface area contributed by atoms with Gasteiger partial charge in [0, 0.05) is 25.7 Å². The predicted octanol–water partition coefficient (Wildman–Crippen LogP) is 0.839. The third-order valence-electron chi connectivity index (χ3n) is 2.28. The Hall–Kier alpha value is -1.02. The zero-order valence-corrected chi connectivity index (χ0v) is 11.8. The van der Waals surface area contributed by atoms with Gasteiger partial charge in [0.25, 0.3) is 0 Å². The van der Waals surface area contributed by atoms with Crippen LogP contribution in [0.25, 0.3) is 0 Å². The normalized spacial score (nSPS) is 11.5. The lowest BCUT2D eigenvalue weighted by Crippen LogP contribution is -2.40. The van der Waals surface area contributed by atoms with Crippen LogP contribution in [0.2, 0.25) is 5.02 Å². The molecular formula is C10H16ClN3O3S. The Bertz CT molecular complexity index is 507. The summed E-state index contributed by atoms with van der Waals surface area (Å²) in [6.07, 6.45) is 0. The van der Waals surface area contributed by atoms with Crippen LogP contribution in [0.3, 0.4) is 0 Å². The Labute approximate surface area is 112 Å². The topological polar surface area (TPSA) is 84.7 Å². The minimum Gasteiger partial charge on any atom is -0.397 e. The summed E-state index contributed by atoms with van der Waals surface area (Å²) >= 11 is 5.82. The van der Waals surface area contributed by atoms with Crippen molar-refractivity contribution in [3.8, 4) is 0 Å². The first kappa shape index (κ1) is 15.0. The van der Waals surface area contributed by atoms with Crippen LogP contribution in [0, 0.1) is 0 Å². The van der Waals surface area contributed by atoms with Crippen LogP contribution in [0.4, 0.5) is 11.4 Å². The molecule has 0 aliphatic rings. The first-order valence-corrected chi connectivity index (χ1v) is 6.98. The monoisotopic (exact) mass is 293 g/mol. The molecule has 1 aromatic rings. The Morgan fingerprint density at radius 2 is 2.17 bits per heavy atom. The maximum absolute atomic E-state index is 11.9. The van der Waals surface area contributed by atoms with E-state index in [2.05, 4.69) is 4.72 Å². The van der Waals surface area contributed by atoms with Gasteiger partial charge in [-0.25, -0.2) is 0 Å². The highest BCUT2D eigenvalue weighted by molar-refractivity contribution is 7.90. The summed E-state index contributed by atoms with van der Waals surface area (Å²) in [4.78, 5) is 0. The van der Waals surface area contributed by atoms with E-state index in [-0.39, 0.29) is 13.2 Å². The summed E-state index contributed by atoms with van der Waals surface area (Å²) in [6, 6.07) is 4.64. The molecule has 1 rings (SSSR count). The van der Waals surface area contributed by atoms with E-state index in [0.717, 1.165) is 4.31 Å². The predicted molar refractivity (Wildman–Crippen MR) is 73.1 cm³/mol. The van der Waals surface area contributed by atoms with E-state index in [1.54, 1.807) is 12.1 Å². The van der Waals surface area contributed by atoms with Crippen molar-refractivity contribution in [2.45, 2.75) is 0 Å². The lowest BCUT2D eigenvalue weighted by molar-refractivity contribution is 0.204. The van der Waals surface area contributed by atoms with Crippen LogP contribution in [-0.4, -0.2) is 35.7 Å². The van der Waals surface area contributed by atoms with Crippen molar-refractivity contribution in [1.82, 2.24) is 4.72 Å². The maximum atomic E-state index is 11.9. The van der Waals surface area contributed by atoms with Gasteiger partial charge in [-0.1, -0.05) is 11.6 Å². The maximum Gasteiger partial charge on any atom is 0.301 e. The van der Waals surface area contributed by atoms with Crippen LogP contribution < -0.4 is 14.8 Å². The quantitative estimate of drug-likeness (QED) is 0.601. The highest BCUT2D eigenvalue weighted by Gasteiger charge is 2.19. The second-order valence-electron chi connectivity index (χ2n) is 3.56. The number of nitrogen functional groups attached to an aromatic ring is 1. The van der Waals surface area contributed by atoms with Crippen LogP contribution in [0.5, 0.6) is 0 Å². The number of anilines is 2. The van der Waals surface area contributed by atoms with Crippen molar-refractivity contribution in [2.75, 3.05) is 37.3 Å². The fourth-order valence-electron chi connectivity index (χ4n) is 1.29. The Morgan fingerprint density at radius 1 is 1.50 bits per heavy atom. The molecule has 0 unspecified atom stereocenters. The summed E-state index contributed by atoms with van der Waals surface area (Å²) in [5, 5.41) is 0.415. The molecular weight excluding hydrogens is 278 g/mol. The number of methoxy groups -OCH3 is 1. The van der Waals surface area contributed by atoms with Gasteiger partial charge in [0.2, 0.25) is 0 Å². The third kappa shape index (κ3) is 3.74. The highest BCUT2D eigenvalue weighted by atomic mass is 35.5. The molecule has 0 aromatic heterocycles. The van der Waals surface area contributed by atoms with Crippen molar-refractivity contribution in [2.24, 2.45) is 0 Å². The molecule has 6 nitrogen and oxygen atoms in total. The summed E-state index contributed by atoms with van der Waals surface area (Å²) in [5.41, 5.74) is 6.38. The highest BCUT2D eigenvalue weighted by Crippen LogP contribution is 2.27. The fourth-order valence-corrected chi connectivity index (χ4v) is 2.41. The van der Waals surface area contributed by atoms with E-state index in [0.29, 0.717) is 16.4 Å². The molecule has 0 fully saturated rings. The summed E-state index contributed by atoms with van der Waals surface area (Å²) in [5.74, 6) is 0. The van der Waals surface area contributed by atoms with Gasteiger partial charge in [0.1, 0.15) is 0 Å². The second kappa shape index (κ2) is 6.24. The first-order chi connectivity index (χ1) is 8.38. The Balaban J connectivity index is 2.91. The molecule has 0 aliphatic heterocycles. The summed E-state index contributed by atoms with van der Waals surface area (Å²) in [6.45, 7) is 0.474. The third-order valence-corrected chi connectivity index (χ3v) is 4.00. The van der Waals surface area contributed by atoms with E-state index in [1.807, 2.05) is 0 Å². The Morgan fingerprint density at radius 3 is 2.78 bits per heavy atom. The lowest BCUT2D eigenvalue weighted by Gasteiger charge is -2.21. The van der Waals surface area contributed by atoms with Gasteiger partial charge in [-0.15, -0.1) is 0 Å². The molecule has 0 amide bonds. The SMILES string of the molecule is COCCNS(=O)(=O)N(C)c1cc(Cl)ccc1N. The molecule has 1 aromatic carbocycles. The molecule has 0 atom stereocenters. The number of rotatable bonds is 6. The summed E-state index contributed by atoms with van der Waals surface area (Å²) in [7, 11) is -0.767. The number of nitrogens with two attached hydrogens (primary N) is 1. The van der Waals surface area contributed by atoms with E-state index in [4.69, 9.17) is 22.1 Å². The van der Waals surface area contributed by atoms with Gasteiger partial charge >= 0.3 is 10.2 Å². The van der Waals surface area contributed by atoms with E-state index < -0.39 is 10.2 Å². The smallest absolute Gasteiger partial charge is 0.301 e. The largest absolute Gasteiger partial charge is 0.397 e. The zero-order valence-electron chi connectivity index (χ0n) is 10.2. The van der Waals surface area contributed by atoms with Gasteiger partial charge < -0.3 is 10.5 Å². The zero-order chi connectivity index (χ0) is 13.8. The van der Waals surface area contributed by atoms with Crippen molar-refractivity contribution >= 4 is 33.2 Å². The molecule has 0 radical (unpaired) electrons. The van der Waals surface area contributed by atoms with E-state index in [9.17, 15) is 8.42 Å². The van der Waals surface area contributed by atoms with Gasteiger partial charge in [-0.2, -0.15) is 13.1 Å². The van der Waals surface area contributed by atoms with Gasteiger partial charge in [-0.3, -0.25) is 4.31 Å². The molecule has 0 saturated carbocycles. The number of benzene rings is 1. The van der Waals surface area contributed by atoms with Crippen molar-refractivity contribution in [1.29, 1.82) is 0 Å². The van der Waals surface area contributed by atoms with Crippen molar-refractivity contribution in [3.05, 3.63) is 23.2 Å². The number of hydrogen-bond acceptors (Lipinski definition) is 4. The molecule has 0 spiro atoms. The van der Waals surface area contributed by atoms with Crippen molar-refractivity contribution < 1.29 is 13.2 Å². The molecule has 3 N–H and O–H groups in total. The average Bonchev–Trinajstić information content (AvgIpc) is 2.31. The Kier molecular flexibility index (Phi) is 5.21. The van der Waals surface area contributed by atoms with Crippen LogP contribution in [0.1, 0.15) is 0 Å². The average molecular weight is 294 g/mol. The number of hydrogen-bond donors (Lipinski definition) is 2. The fraction of sp³-hybridized carbons (Fsp3) is 0.400. The molecule has 0 aliphatic carbocycles. The van der Waals surface area contributed by atoms with E-state index in [1.165, 1.54) is 20.2 Å². The molecule has 0 heterocycles. The molecule has 18 heavy (non-hydrogen) atoms. The number of nitrogens with one attached hydrogen (secondary N) is 1. The van der Waals surface area contributed by atoms with Gasteiger partial charge in [-0.05, 0) is 18.2 Å². The molecule has 0 bridgehead atoms. The number of ether oxygens (including phenoxy) is 1. The lowest BCUT2D eigenvalue weighted by atomic mass is 10.3. The number of halogens is 1. The minimum atomic E-state index is -3.66. The molecule has 0 saturated heterocycles. The van der Waals surface area contributed by atoms with Crippen LogP contribution >= 0.6 is 11.6 Å². The molecule has 8 heteroatoms.